The van der Waals surface area contributed by atoms with Gasteiger partial charge in [-0.05, 0) is 10.4 Å². The molecule has 8 heavy (non-hydrogen) atoms. The molecule has 0 amide bonds. The molecule has 0 aliphatic heterocycles. The van der Waals surface area contributed by atoms with Gasteiger partial charge in [0.1, 0.15) is 6.33 Å². The zero-order valence-electron chi connectivity index (χ0n) is 4.37. The lowest BCUT2D eigenvalue weighted by Crippen LogP contribution is -1.64. The van der Waals surface area contributed by atoms with Gasteiger partial charge in [-0.25, -0.2) is 5.10 Å². The van der Waals surface area contributed by atoms with E-state index < -0.39 is 0 Å². The molecule has 0 atom stereocenters. The van der Waals surface area contributed by atoms with Crippen LogP contribution in [0.2, 0.25) is 0 Å². The quantitative estimate of drug-likeness (QED) is 0.499. The Balaban J connectivity index is 0.000000145. The highest BCUT2D eigenvalue weighted by Crippen LogP contribution is 1.43. The van der Waals surface area contributed by atoms with Crippen LogP contribution in [0.25, 0.3) is 0 Å². The molecule has 0 unspecified atom stereocenters. The maximum atomic E-state index is 7.32. The molecule has 0 aliphatic rings. The van der Waals surface area contributed by atoms with E-state index in [-0.39, 0.29) is 0 Å². The van der Waals surface area contributed by atoms with Crippen molar-refractivity contribution in [1.82, 2.24) is 20.6 Å². The van der Waals surface area contributed by atoms with Crippen molar-refractivity contribution in [3.8, 4) is 6.07 Å². The van der Waals surface area contributed by atoms with Crippen LogP contribution in [0.15, 0.2) is 6.33 Å². The first-order chi connectivity index (χ1) is 3.91. The predicted molar refractivity (Wildman–Crippen MR) is 25.5 cm³/mol. The topological polar surface area (TPSA) is 78.2 Å². The zero-order chi connectivity index (χ0) is 6.24. The molecule has 0 radical (unpaired) electrons. The zero-order valence-corrected chi connectivity index (χ0v) is 4.37. The van der Waals surface area contributed by atoms with Crippen LogP contribution in [0, 0.1) is 11.3 Å². The lowest BCUT2D eigenvalue weighted by atomic mass is 11.0. The fraction of sp³-hybridized carbons (Fsp3) is 0.333. The molecule has 5 nitrogen and oxygen atoms in total. The van der Waals surface area contributed by atoms with Crippen molar-refractivity contribution in [2.24, 2.45) is 0 Å². The highest BCUT2D eigenvalue weighted by molar-refractivity contribution is 4.51. The second-order valence-electron chi connectivity index (χ2n) is 0.787. The smallest absolute Gasteiger partial charge is 0.135 e. The van der Waals surface area contributed by atoms with Gasteiger partial charge in [0.05, 0.1) is 6.07 Å². The summed E-state index contributed by atoms with van der Waals surface area (Å²) >= 11 is 0. The van der Waals surface area contributed by atoms with Gasteiger partial charge in [0, 0.05) is 6.92 Å². The Kier molecular flexibility index (Phi) is 4.56. The summed E-state index contributed by atoms with van der Waals surface area (Å²) in [6, 6.07) is 1.75. The second kappa shape index (κ2) is 5.56. The maximum Gasteiger partial charge on any atom is 0.135 e. The van der Waals surface area contributed by atoms with E-state index in [1.54, 1.807) is 6.07 Å². The number of rotatable bonds is 0. The van der Waals surface area contributed by atoms with Crippen LogP contribution in [0.5, 0.6) is 0 Å². The number of H-pyrrole nitrogens is 1. The number of nitrogens with zero attached hydrogens (tertiary/aromatic N) is 4. The van der Waals surface area contributed by atoms with Crippen molar-refractivity contribution in [2.75, 3.05) is 0 Å². The number of tetrazole rings is 1. The third-order valence-corrected chi connectivity index (χ3v) is 0.270. The first-order valence-corrected chi connectivity index (χ1v) is 1.89. The molecule has 0 aliphatic carbocycles. The van der Waals surface area contributed by atoms with Gasteiger partial charge >= 0.3 is 0 Å². The minimum Gasteiger partial charge on any atom is -0.246 e. The lowest BCUT2D eigenvalue weighted by molar-refractivity contribution is 0.881. The van der Waals surface area contributed by atoms with Gasteiger partial charge in [0.25, 0.3) is 0 Å². The van der Waals surface area contributed by atoms with Gasteiger partial charge in [-0.15, -0.1) is 5.10 Å². The summed E-state index contributed by atoms with van der Waals surface area (Å²) < 4.78 is 0. The Morgan fingerprint density at radius 3 is 2.50 bits per heavy atom. The summed E-state index contributed by atoms with van der Waals surface area (Å²) in [5.74, 6) is 0. The summed E-state index contributed by atoms with van der Waals surface area (Å²) in [5, 5.41) is 19.4. The molecule has 1 aromatic heterocycles. The molecule has 1 aromatic rings. The summed E-state index contributed by atoms with van der Waals surface area (Å²) in [7, 11) is 0. The van der Waals surface area contributed by atoms with Crippen molar-refractivity contribution < 1.29 is 0 Å². The van der Waals surface area contributed by atoms with Crippen LogP contribution in [0.3, 0.4) is 0 Å². The van der Waals surface area contributed by atoms with Gasteiger partial charge < -0.3 is 0 Å². The second-order valence-corrected chi connectivity index (χ2v) is 0.787. The van der Waals surface area contributed by atoms with Crippen molar-refractivity contribution in [1.29, 1.82) is 5.26 Å². The van der Waals surface area contributed by atoms with E-state index in [0.717, 1.165) is 0 Å². The SMILES string of the molecule is CC#N.c1nnn[nH]1. The predicted octanol–water partition coefficient (Wildman–Crippen LogP) is -0.270. The summed E-state index contributed by atoms with van der Waals surface area (Å²) in [6.45, 7) is 1.43. The highest BCUT2D eigenvalue weighted by atomic mass is 15.5. The van der Waals surface area contributed by atoms with E-state index in [9.17, 15) is 0 Å². The van der Waals surface area contributed by atoms with E-state index in [0.29, 0.717) is 0 Å². The standard InChI is InChI=1S/C2H3N.CH2N4/c1-2-3;1-2-4-5-3-1/h1H3;1H,(H,2,3,4,5). The Morgan fingerprint density at radius 1 is 1.75 bits per heavy atom. The van der Waals surface area contributed by atoms with Gasteiger partial charge in [-0.3, -0.25) is 0 Å². The number of hydrogen-bond acceptors (Lipinski definition) is 4. The Labute approximate surface area is 46.3 Å². The van der Waals surface area contributed by atoms with E-state index in [4.69, 9.17) is 5.26 Å². The molecule has 0 aromatic carbocycles. The van der Waals surface area contributed by atoms with Crippen molar-refractivity contribution in [3.63, 3.8) is 0 Å². The van der Waals surface area contributed by atoms with E-state index in [1.165, 1.54) is 13.3 Å². The molecule has 1 N–H and O–H groups in total. The summed E-state index contributed by atoms with van der Waals surface area (Å²) in [5.41, 5.74) is 0. The van der Waals surface area contributed by atoms with Gasteiger partial charge in [-0.1, -0.05) is 0 Å². The summed E-state index contributed by atoms with van der Waals surface area (Å²) in [6.07, 6.45) is 1.40. The molecule has 0 saturated heterocycles. The highest BCUT2D eigenvalue weighted by Gasteiger charge is 1.58. The van der Waals surface area contributed by atoms with Crippen molar-refractivity contribution in [3.05, 3.63) is 6.33 Å². The summed E-state index contributed by atoms with van der Waals surface area (Å²) in [4.78, 5) is 0. The average molecular weight is 111 g/mol. The molecular weight excluding hydrogens is 106 g/mol. The number of hydrogen-bond donors (Lipinski definition) is 1. The lowest BCUT2D eigenvalue weighted by Gasteiger charge is -1.42. The first kappa shape index (κ1) is 6.56. The Morgan fingerprint density at radius 2 is 2.38 bits per heavy atom. The average Bonchev–Trinajstić information content (AvgIpc) is 2.17. The van der Waals surface area contributed by atoms with Gasteiger partial charge in [-0.2, -0.15) is 5.26 Å². The molecule has 0 bridgehead atoms. The molecule has 42 valence electrons. The fourth-order valence-corrected chi connectivity index (χ4v) is 0.129. The minimum atomic E-state index is 1.40. The molecule has 0 fully saturated rings. The van der Waals surface area contributed by atoms with E-state index in [2.05, 4.69) is 20.6 Å². The molecule has 1 rings (SSSR count). The largest absolute Gasteiger partial charge is 0.246 e. The number of aromatic amines is 1. The molecule has 0 saturated carbocycles. The Hall–Kier alpha value is -1.44. The van der Waals surface area contributed by atoms with Crippen LogP contribution in [0.1, 0.15) is 6.92 Å². The molecule has 5 heteroatoms. The monoisotopic (exact) mass is 111 g/mol. The molecular formula is C3H5N5. The van der Waals surface area contributed by atoms with E-state index >= 15 is 0 Å². The molecule has 0 spiro atoms. The van der Waals surface area contributed by atoms with Crippen LogP contribution in [0.4, 0.5) is 0 Å². The number of aromatic nitrogens is 4. The third-order valence-electron chi connectivity index (χ3n) is 0.270. The van der Waals surface area contributed by atoms with Crippen molar-refractivity contribution in [2.45, 2.75) is 6.92 Å². The van der Waals surface area contributed by atoms with E-state index in [1.807, 2.05) is 0 Å². The Bertz CT molecular complexity index is 120. The normalized spacial score (nSPS) is 6.00. The van der Waals surface area contributed by atoms with Crippen LogP contribution in [-0.2, 0) is 0 Å². The fourth-order valence-electron chi connectivity index (χ4n) is 0.129. The van der Waals surface area contributed by atoms with Crippen LogP contribution < -0.4 is 0 Å². The van der Waals surface area contributed by atoms with Gasteiger partial charge in [0.2, 0.25) is 0 Å². The first-order valence-electron chi connectivity index (χ1n) is 1.89. The van der Waals surface area contributed by atoms with Crippen LogP contribution in [-0.4, -0.2) is 20.6 Å². The maximum absolute atomic E-state index is 7.32. The number of nitrogens with one attached hydrogen (secondary N) is 1. The van der Waals surface area contributed by atoms with Gasteiger partial charge in [0.15, 0.2) is 0 Å². The third kappa shape index (κ3) is 4.56. The van der Waals surface area contributed by atoms with Crippen molar-refractivity contribution >= 4 is 0 Å². The van der Waals surface area contributed by atoms with Crippen LogP contribution >= 0.6 is 0 Å². The minimum absolute atomic E-state index is 1.40. The number of nitriles is 1. The molecule has 1 heterocycles.